The van der Waals surface area contributed by atoms with Crippen LogP contribution in [0.25, 0.3) is 0 Å². The van der Waals surface area contributed by atoms with Crippen molar-refractivity contribution in [3.8, 4) is 0 Å². The van der Waals surface area contributed by atoms with E-state index in [1.165, 1.54) is 6.92 Å². The van der Waals surface area contributed by atoms with Crippen LogP contribution in [0, 0.1) is 0 Å². The molecule has 2 aromatic rings. The van der Waals surface area contributed by atoms with Gasteiger partial charge in [-0.25, -0.2) is 0 Å². The van der Waals surface area contributed by atoms with Crippen molar-refractivity contribution in [3.63, 3.8) is 0 Å². The van der Waals surface area contributed by atoms with E-state index in [1.54, 1.807) is 30.5 Å². The number of hydrogen-bond donors (Lipinski definition) is 2. The number of amides is 1. The number of nitrogens with one attached hydrogen (secondary N) is 2. The maximum absolute atomic E-state index is 12.0. The van der Waals surface area contributed by atoms with Crippen LogP contribution in [0.4, 0.5) is 11.4 Å². The Morgan fingerprint density at radius 2 is 1.91 bits per heavy atom. The van der Waals surface area contributed by atoms with Crippen LogP contribution in [0.3, 0.4) is 0 Å². The number of hydrogen-bond acceptors (Lipinski definition) is 4. The van der Waals surface area contributed by atoms with Crippen molar-refractivity contribution in [1.29, 1.82) is 0 Å². The zero-order valence-corrected chi connectivity index (χ0v) is 13.4. The van der Waals surface area contributed by atoms with Gasteiger partial charge in [-0.3, -0.25) is 14.6 Å². The summed E-state index contributed by atoms with van der Waals surface area (Å²) >= 11 is 0. The molecule has 120 valence electrons. The third kappa shape index (κ3) is 4.92. The molecule has 0 bridgehead atoms. The molecule has 0 saturated heterocycles. The van der Waals surface area contributed by atoms with E-state index in [0.29, 0.717) is 17.8 Å². The minimum Gasteiger partial charge on any atom is -0.355 e. The molecule has 1 heterocycles. The number of carbonyl (C=O) groups is 2. The highest BCUT2D eigenvalue weighted by Crippen LogP contribution is 2.18. The Kier molecular flexibility index (Phi) is 5.86. The molecule has 2 N–H and O–H groups in total. The second kappa shape index (κ2) is 8.08. The number of pyridine rings is 1. The van der Waals surface area contributed by atoms with Gasteiger partial charge in [0.2, 0.25) is 0 Å². The van der Waals surface area contributed by atoms with Crippen molar-refractivity contribution >= 4 is 23.1 Å². The fourth-order valence-electron chi connectivity index (χ4n) is 2.08. The van der Waals surface area contributed by atoms with E-state index in [-0.39, 0.29) is 11.7 Å². The standard InChI is InChI=1S/C18H21N3O2/c1-3-4-9-20-18(23)17-12-16(8-10-19-17)21-15-7-5-6-14(11-15)13(2)22/h5-8,10-12H,3-4,9H2,1-2H3,(H,19,21)(H,20,23). The summed E-state index contributed by atoms with van der Waals surface area (Å²) in [5, 5.41) is 6.03. The van der Waals surface area contributed by atoms with Gasteiger partial charge in [-0.15, -0.1) is 0 Å². The van der Waals surface area contributed by atoms with Crippen molar-refractivity contribution in [3.05, 3.63) is 53.9 Å². The van der Waals surface area contributed by atoms with Crippen LogP contribution in [-0.4, -0.2) is 23.2 Å². The molecule has 0 aliphatic carbocycles. The third-order valence-corrected chi connectivity index (χ3v) is 3.37. The summed E-state index contributed by atoms with van der Waals surface area (Å²) in [6, 6.07) is 10.7. The number of benzene rings is 1. The summed E-state index contributed by atoms with van der Waals surface area (Å²) < 4.78 is 0. The number of ketones is 1. The highest BCUT2D eigenvalue weighted by Gasteiger charge is 2.07. The molecule has 0 radical (unpaired) electrons. The number of unbranched alkanes of at least 4 members (excludes halogenated alkanes) is 1. The van der Waals surface area contributed by atoms with Gasteiger partial charge in [0.05, 0.1) is 0 Å². The van der Waals surface area contributed by atoms with E-state index in [0.717, 1.165) is 24.2 Å². The highest BCUT2D eigenvalue weighted by molar-refractivity contribution is 5.95. The lowest BCUT2D eigenvalue weighted by Gasteiger charge is -2.09. The average molecular weight is 311 g/mol. The van der Waals surface area contributed by atoms with E-state index in [1.807, 2.05) is 12.1 Å². The molecule has 23 heavy (non-hydrogen) atoms. The van der Waals surface area contributed by atoms with E-state index in [9.17, 15) is 9.59 Å². The molecule has 5 nitrogen and oxygen atoms in total. The number of nitrogens with zero attached hydrogens (tertiary/aromatic N) is 1. The van der Waals surface area contributed by atoms with Crippen molar-refractivity contribution in [2.45, 2.75) is 26.7 Å². The summed E-state index contributed by atoms with van der Waals surface area (Å²) in [6.07, 6.45) is 3.56. The van der Waals surface area contributed by atoms with Gasteiger partial charge in [-0.1, -0.05) is 25.5 Å². The Labute approximate surface area is 136 Å². The van der Waals surface area contributed by atoms with Crippen molar-refractivity contribution in [1.82, 2.24) is 10.3 Å². The molecule has 0 saturated carbocycles. The lowest BCUT2D eigenvalue weighted by Crippen LogP contribution is -2.25. The maximum atomic E-state index is 12.0. The Bertz CT molecular complexity index is 698. The first kappa shape index (κ1) is 16.7. The van der Waals surface area contributed by atoms with E-state index >= 15 is 0 Å². The molecule has 5 heteroatoms. The average Bonchev–Trinajstić information content (AvgIpc) is 2.55. The van der Waals surface area contributed by atoms with Gasteiger partial charge in [-0.2, -0.15) is 0 Å². The van der Waals surface area contributed by atoms with Gasteiger partial charge in [-0.05, 0) is 37.6 Å². The first-order valence-corrected chi connectivity index (χ1v) is 7.72. The Morgan fingerprint density at radius 1 is 1.13 bits per heavy atom. The Morgan fingerprint density at radius 3 is 2.65 bits per heavy atom. The lowest BCUT2D eigenvalue weighted by atomic mass is 10.1. The summed E-state index contributed by atoms with van der Waals surface area (Å²) in [7, 11) is 0. The molecule has 2 rings (SSSR count). The fourth-order valence-corrected chi connectivity index (χ4v) is 2.08. The molecular weight excluding hydrogens is 290 g/mol. The van der Waals surface area contributed by atoms with E-state index in [2.05, 4.69) is 22.5 Å². The first-order valence-electron chi connectivity index (χ1n) is 7.72. The lowest BCUT2D eigenvalue weighted by molar-refractivity contribution is 0.0947. The predicted octanol–water partition coefficient (Wildman–Crippen LogP) is 3.56. The van der Waals surface area contributed by atoms with E-state index in [4.69, 9.17) is 0 Å². The SMILES string of the molecule is CCCCNC(=O)c1cc(Nc2cccc(C(C)=O)c2)ccn1. The van der Waals surface area contributed by atoms with Crippen LogP contribution >= 0.6 is 0 Å². The molecule has 0 aliphatic heterocycles. The molecular formula is C18H21N3O2. The molecule has 0 aliphatic rings. The second-order valence-corrected chi connectivity index (χ2v) is 5.30. The van der Waals surface area contributed by atoms with Crippen LogP contribution in [0.1, 0.15) is 47.5 Å². The minimum absolute atomic E-state index is 0.0133. The number of Topliss-reactive ketones (excluding diaryl/α,β-unsaturated/α-hetero) is 1. The second-order valence-electron chi connectivity index (χ2n) is 5.30. The molecule has 1 amide bonds. The number of rotatable bonds is 7. The minimum atomic E-state index is -0.181. The van der Waals surface area contributed by atoms with Crippen LogP contribution < -0.4 is 10.6 Å². The predicted molar refractivity (Wildman–Crippen MR) is 91.2 cm³/mol. The van der Waals surface area contributed by atoms with Crippen molar-refractivity contribution < 1.29 is 9.59 Å². The number of carbonyl (C=O) groups excluding carboxylic acids is 2. The van der Waals surface area contributed by atoms with Gasteiger partial charge in [0.15, 0.2) is 5.78 Å². The Hall–Kier alpha value is -2.69. The van der Waals surface area contributed by atoms with E-state index < -0.39 is 0 Å². The van der Waals surface area contributed by atoms with Gasteiger partial charge < -0.3 is 10.6 Å². The molecule has 0 unspecified atom stereocenters. The molecule has 0 spiro atoms. The number of aromatic nitrogens is 1. The molecule has 0 fully saturated rings. The zero-order chi connectivity index (χ0) is 16.7. The van der Waals surface area contributed by atoms with Gasteiger partial charge in [0.1, 0.15) is 5.69 Å². The normalized spacial score (nSPS) is 10.2. The van der Waals surface area contributed by atoms with Crippen LogP contribution in [0.2, 0.25) is 0 Å². The highest BCUT2D eigenvalue weighted by atomic mass is 16.1. The quantitative estimate of drug-likeness (QED) is 0.606. The number of anilines is 2. The zero-order valence-electron chi connectivity index (χ0n) is 13.4. The monoisotopic (exact) mass is 311 g/mol. The smallest absolute Gasteiger partial charge is 0.269 e. The van der Waals surface area contributed by atoms with Crippen molar-refractivity contribution in [2.75, 3.05) is 11.9 Å². The van der Waals surface area contributed by atoms with Gasteiger partial charge in [0, 0.05) is 29.7 Å². The summed E-state index contributed by atoms with van der Waals surface area (Å²) in [4.78, 5) is 27.5. The van der Waals surface area contributed by atoms with Crippen LogP contribution in [0.15, 0.2) is 42.6 Å². The van der Waals surface area contributed by atoms with Crippen LogP contribution in [0.5, 0.6) is 0 Å². The van der Waals surface area contributed by atoms with Gasteiger partial charge >= 0.3 is 0 Å². The summed E-state index contributed by atoms with van der Waals surface area (Å²) in [6.45, 7) is 4.25. The topological polar surface area (TPSA) is 71.1 Å². The maximum Gasteiger partial charge on any atom is 0.269 e. The molecule has 1 aromatic heterocycles. The summed E-state index contributed by atoms with van der Waals surface area (Å²) in [5.41, 5.74) is 2.55. The first-order chi connectivity index (χ1) is 11.1. The van der Waals surface area contributed by atoms with Crippen molar-refractivity contribution in [2.24, 2.45) is 0 Å². The molecule has 1 aromatic carbocycles. The largest absolute Gasteiger partial charge is 0.355 e. The molecule has 0 atom stereocenters. The fraction of sp³-hybridized carbons (Fsp3) is 0.278. The summed E-state index contributed by atoms with van der Waals surface area (Å²) in [5.74, 6) is -0.168. The Balaban J connectivity index is 2.09. The third-order valence-electron chi connectivity index (χ3n) is 3.37. The van der Waals surface area contributed by atoms with Gasteiger partial charge in [0.25, 0.3) is 5.91 Å². The van der Waals surface area contributed by atoms with Crippen LogP contribution in [-0.2, 0) is 0 Å².